The van der Waals surface area contributed by atoms with E-state index in [2.05, 4.69) is 5.32 Å². The van der Waals surface area contributed by atoms with Gasteiger partial charge in [0.05, 0.1) is 0 Å². The van der Waals surface area contributed by atoms with Crippen LogP contribution in [0.25, 0.3) is 0 Å². The molecule has 5 heteroatoms. The first-order valence-electron chi connectivity index (χ1n) is 8.03. The Balaban J connectivity index is 1.78. The van der Waals surface area contributed by atoms with Crippen molar-refractivity contribution in [3.8, 4) is 5.75 Å². The fourth-order valence-corrected chi connectivity index (χ4v) is 2.74. The maximum Gasteiger partial charge on any atom is 0.261 e. The highest BCUT2D eigenvalue weighted by Crippen LogP contribution is 2.19. The first-order valence-corrected chi connectivity index (χ1v) is 8.79. The molecule has 3 nitrogen and oxygen atoms in total. The lowest BCUT2D eigenvalue weighted by molar-refractivity contribution is -0.128. The Labute approximate surface area is 152 Å². The van der Waals surface area contributed by atoms with E-state index in [0.717, 1.165) is 23.4 Å². The van der Waals surface area contributed by atoms with Crippen LogP contribution in [0.2, 0.25) is 10.0 Å². The zero-order valence-corrected chi connectivity index (χ0v) is 15.1. The van der Waals surface area contributed by atoms with Gasteiger partial charge >= 0.3 is 0 Å². The summed E-state index contributed by atoms with van der Waals surface area (Å²) in [6.45, 7) is 2.50. The molecular formula is C19H21Cl2NO2. The molecule has 2 rings (SSSR count). The first kappa shape index (κ1) is 18.6. The number of hydrogen-bond donors (Lipinski definition) is 1. The molecule has 0 fully saturated rings. The highest BCUT2D eigenvalue weighted by molar-refractivity contribution is 6.31. The molecule has 2 aromatic rings. The van der Waals surface area contributed by atoms with E-state index in [1.165, 1.54) is 0 Å². The Bertz CT molecular complexity index is 676. The van der Waals surface area contributed by atoms with Crippen molar-refractivity contribution in [1.82, 2.24) is 5.32 Å². The molecule has 0 saturated carbocycles. The second kappa shape index (κ2) is 9.55. The zero-order valence-electron chi connectivity index (χ0n) is 13.6. The van der Waals surface area contributed by atoms with Crippen LogP contribution in [0.15, 0.2) is 48.5 Å². The summed E-state index contributed by atoms with van der Waals surface area (Å²) in [5, 5.41) is 4.27. The van der Waals surface area contributed by atoms with Crippen molar-refractivity contribution >= 4 is 29.1 Å². The van der Waals surface area contributed by atoms with Crippen molar-refractivity contribution < 1.29 is 9.53 Å². The average molecular weight is 366 g/mol. The Kier molecular flexibility index (Phi) is 7.41. The number of rotatable bonds is 8. The van der Waals surface area contributed by atoms with Crippen molar-refractivity contribution in [2.75, 3.05) is 6.54 Å². The predicted molar refractivity (Wildman–Crippen MR) is 98.9 cm³/mol. The van der Waals surface area contributed by atoms with Crippen LogP contribution >= 0.6 is 23.2 Å². The SMILES string of the molecule is CC[C@@H](Oc1cccc(Cl)c1)C(=O)NCCCc1ccccc1Cl. The summed E-state index contributed by atoms with van der Waals surface area (Å²) in [6.07, 6.45) is 1.71. The number of halogens is 2. The Morgan fingerprint density at radius 1 is 1.17 bits per heavy atom. The predicted octanol–water partition coefficient (Wildman–Crippen LogP) is 4.90. The number of aryl methyl sites for hydroxylation is 1. The normalized spacial score (nSPS) is 11.8. The molecule has 0 aromatic heterocycles. The standard InChI is InChI=1S/C19H21Cl2NO2/c1-2-18(24-16-10-5-9-15(20)13-16)19(23)22-12-6-8-14-7-3-4-11-17(14)21/h3-5,7,9-11,13,18H,2,6,8,12H2,1H3,(H,22,23)/t18-/m1/s1. The summed E-state index contributed by atoms with van der Waals surface area (Å²) in [6, 6.07) is 14.8. The molecule has 0 aliphatic rings. The first-order chi connectivity index (χ1) is 11.6. The smallest absolute Gasteiger partial charge is 0.261 e. The summed E-state index contributed by atoms with van der Waals surface area (Å²) in [7, 11) is 0. The molecule has 1 atom stereocenters. The monoisotopic (exact) mass is 365 g/mol. The van der Waals surface area contributed by atoms with Gasteiger partial charge in [0.15, 0.2) is 6.10 Å². The molecular weight excluding hydrogens is 345 g/mol. The molecule has 24 heavy (non-hydrogen) atoms. The molecule has 0 heterocycles. The van der Waals surface area contributed by atoms with Crippen LogP contribution in [-0.2, 0) is 11.2 Å². The molecule has 0 aliphatic heterocycles. The third-order valence-electron chi connectivity index (χ3n) is 3.62. The van der Waals surface area contributed by atoms with Gasteiger partial charge in [0.1, 0.15) is 5.75 Å². The van der Waals surface area contributed by atoms with Crippen LogP contribution in [0.3, 0.4) is 0 Å². The van der Waals surface area contributed by atoms with Crippen molar-refractivity contribution in [3.05, 3.63) is 64.1 Å². The maximum atomic E-state index is 12.2. The minimum atomic E-state index is -0.524. The van der Waals surface area contributed by atoms with Gasteiger partial charge in [0, 0.05) is 16.6 Å². The van der Waals surface area contributed by atoms with E-state index < -0.39 is 6.10 Å². The highest BCUT2D eigenvalue weighted by atomic mass is 35.5. The summed E-state index contributed by atoms with van der Waals surface area (Å²) >= 11 is 12.1. The van der Waals surface area contributed by atoms with Gasteiger partial charge in [-0.3, -0.25) is 4.79 Å². The zero-order chi connectivity index (χ0) is 17.4. The van der Waals surface area contributed by atoms with E-state index in [0.29, 0.717) is 23.7 Å². The molecule has 0 spiro atoms. The highest BCUT2D eigenvalue weighted by Gasteiger charge is 2.17. The van der Waals surface area contributed by atoms with E-state index in [1.54, 1.807) is 24.3 Å². The summed E-state index contributed by atoms with van der Waals surface area (Å²) < 4.78 is 5.72. The number of carbonyl (C=O) groups excluding carboxylic acids is 1. The van der Waals surface area contributed by atoms with Gasteiger partial charge in [-0.25, -0.2) is 0 Å². The van der Waals surface area contributed by atoms with E-state index in [1.807, 2.05) is 31.2 Å². The second-order valence-corrected chi connectivity index (χ2v) is 6.30. The van der Waals surface area contributed by atoms with Gasteiger partial charge in [-0.15, -0.1) is 0 Å². The maximum absolute atomic E-state index is 12.2. The Morgan fingerprint density at radius 3 is 2.67 bits per heavy atom. The van der Waals surface area contributed by atoms with E-state index >= 15 is 0 Å². The largest absolute Gasteiger partial charge is 0.481 e. The lowest BCUT2D eigenvalue weighted by Crippen LogP contribution is -2.38. The van der Waals surface area contributed by atoms with Gasteiger partial charge in [-0.05, 0) is 49.1 Å². The fraction of sp³-hybridized carbons (Fsp3) is 0.316. The van der Waals surface area contributed by atoms with Crippen molar-refractivity contribution in [2.24, 2.45) is 0 Å². The molecule has 0 aliphatic carbocycles. The van der Waals surface area contributed by atoms with E-state index in [9.17, 15) is 4.79 Å². The summed E-state index contributed by atoms with van der Waals surface area (Å²) in [4.78, 5) is 12.2. The van der Waals surface area contributed by atoms with Crippen molar-refractivity contribution in [1.29, 1.82) is 0 Å². The number of amides is 1. The molecule has 2 aromatic carbocycles. The third-order valence-corrected chi connectivity index (χ3v) is 4.22. The molecule has 0 bridgehead atoms. The second-order valence-electron chi connectivity index (χ2n) is 5.46. The van der Waals surface area contributed by atoms with Crippen molar-refractivity contribution in [2.45, 2.75) is 32.3 Å². The third kappa shape index (κ3) is 5.73. The van der Waals surface area contributed by atoms with Crippen LogP contribution in [0.4, 0.5) is 0 Å². The van der Waals surface area contributed by atoms with Crippen LogP contribution in [-0.4, -0.2) is 18.6 Å². The fourth-order valence-electron chi connectivity index (χ4n) is 2.33. The van der Waals surface area contributed by atoms with Gasteiger partial charge in [0.25, 0.3) is 5.91 Å². The molecule has 1 amide bonds. The average Bonchev–Trinajstić information content (AvgIpc) is 2.58. The van der Waals surface area contributed by atoms with Crippen LogP contribution in [0, 0.1) is 0 Å². The van der Waals surface area contributed by atoms with Crippen LogP contribution < -0.4 is 10.1 Å². The number of ether oxygens (including phenoxy) is 1. The van der Waals surface area contributed by atoms with Gasteiger partial charge in [-0.1, -0.05) is 54.4 Å². The van der Waals surface area contributed by atoms with E-state index in [4.69, 9.17) is 27.9 Å². The number of hydrogen-bond acceptors (Lipinski definition) is 2. The molecule has 128 valence electrons. The summed E-state index contributed by atoms with van der Waals surface area (Å²) in [5.41, 5.74) is 1.09. The molecule has 0 radical (unpaired) electrons. The molecule has 0 saturated heterocycles. The number of carbonyl (C=O) groups is 1. The minimum absolute atomic E-state index is 0.114. The Hall–Kier alpha value is -1.71. The Morgan fingerprint density at radius 2 is 1.96 bits per heavy atom. The number of nitrogens with one attached hydrogen (secondary N) is 1. The topological polar surface area (TPSA) is 38.3 Å². The quantitative estimate of drug-likeness (QED) is 0.675. The summed E-state index contributed by atoms with van der Waals surface area (Å²) in [5.74, 6) is 0.484. The van der Waals surface area contributed by atoms with Crippen LogP contribution in [0.5, 0.6) is 5.75 Å². The number of benzene rings is 2. The van der Waals surface area contributed by atoms with Crippen LogP contribution in [0.1, 0.15) is 25.3 Å². The van der Waals surface area contributed by atoms with Crippen molar-refractivity contribution in [3.63, 3.8) is 0 Å². The lowest BCUT2D eigenvalue weighted by Gasteiger charge is -2.17. The molecule has 1 N–H and O–H groups in total. The van der Waals surface area contributed by atoms with Gasteiger partial charge < -0.3 is 10.1 Å². The van der Waals surface area contributed by atoms with Gasteiger partial charge in [-0.2, -0.15) is 0 Å². The lowest BCUT2D eigenvalue weighted by atomic mass is 10.1. The minimum Gasteiger partial charge on any atom is -0.481 e. The molecule has 0 unspecified atom stereocenters. The van der Waals surface area contributed by atoms with E-state index in [-0.39, 0.29) is 5.91 Å². The van der Waals surface area contributed by atoms with Gasteiger partial charge in [0.2, 0.25) is 0 Å².